The molecular weight excluding hydrogens is 472 g/mol. The van der Waals surface area contributed by atoms with Gasteiger partial charge in [-0.25, -0.2) is 15.0 Å². The van der Waals surface area contributed by atoms with E-state index in [9.17, 15) is 9.90 Å². The van der Waals surface area contributed by atoms with E-state index in [0.29, 0.717) is 53.1 Å². The first-order valence-corrected chi connectivity index (χ1v) is 11.8. The molecule has 0 saturated heterocycles. The van der Waals surface area contributed by atoms with Crippen LogP contribution in [0.2, 0.25) is 0 Å². The molecule has 1 atom stereocenters. The van der Waals surface area contributed by atoms with Crippen LogP contribution in [0.4, 0.5) is 5.82 Å². The summed E-state index contributed by atoms with van der Waals surface area (Å²) in [5.74, 6) is 2.65. The van der Waals surface area contributed by atoms with Gasteiger partial charge in [0.25, 0.3) is 0 Å². The quantitative estimate of drug-likeness (QED) is 0.311. The minimum absolute atomic E-state index is 0.156. The summed E-state index contributed by atoms with van der Waals surface area (Å²) < 4.78 is 19.0. The number of nitrogens with one attached hydrogen (secondary N) is 1. The third-order valence-corrected chi connectivity index (χ3v) is 6.50. The fourth-order valence-corrected chi connectivity index (χ4v) is 4.74. The Kier molecular flexibility index (Phi) is 6.22. The number of hydrogen-bond acceptors (Lipinski definition) is 10. The summed E-state index contributed by atoms with van der Waals surface area (Å²) in [6, 6.07) is 7.62. The molecule has 4 aromatic rings. The van der Waals surface area contributed by atoms with Crippen LogP contribution in [-0.2, 0) is 11.3 Å². The Morgan fingerprint density at radius 2 is 2.09 bits per heavy atom. The third kappa shape index (κ3) is 4.62. The van der Waals surface area contributed by atoms with E-state index in [2.05, 4.69) is 15.3 Å². The topological polar surface area (TPSA) is 151 Å². The number of aryl methyl sites for hydroxylation is 2. The highest BCUT2D eigenvalue weighted by molar-refractivity contribution is 7.99. The molecule has 35 heavy (non-hydrogen) atoms. The van der Waals surface area contributed by atoms with Gasteiger partial charge in [-0.1, -0.05) is 11.8 Å². The maximum Gasteiger partial charge on any atom is 0.248 e. The number of nitrogens with two attached hydrogens (primary N) is 1. The van der Waals surface area contributed by atoms with Gasteiger partial charge in [0.1, 0.15) is 24.0 Å². The largest absolute Gasteiger partial charge is 0.461 e. The normalized spacial score (nSPS) is 13.3. The van der Waals surface area contributed by atoms with Crippen molar-refractivity contribution < 1.29 is 23.8 Å². The number of aromatic nitrogens is 4. The zero-order chi connectivity index (χ0) is 24.5. The highest BCUT2D eigenvalue weighted by atomic mass is 32.2. The summed E-state index contributed by atoms with van der Waals surface area (Å²) in [5.41, 5.74) is 8.02. The fraction of sp³-hybridized carbons (Fsp3) is 0.304. The lowest BCUT2D eigenvalue weighted by Crippen LogP contribution is -2.33. The van der Waals surface area contributed by atoms with Crippen LogP contribution in [0, 0.1) is 6.92 Å². The van der Waals surface area contributed by atoms with Gasteiger partial charge in [-0.2, -0.15) is 0 Å². The number of hydrogen-bond donors (Lipinski definition) is 3. The summed E-state index contributed by atoms with van der Waals surface area (Å²) in [4.78, 5) is 25.7. The molecule has 1 aliphatic rings. The van der Waals surface area contributed by atoms with Crippen molar-refractivity contribution in [2.45, 2.75) is 43.0 Å². The van der Waals surface area contributed by atoms with Gasteiger partial charge in [-0.3, -0.25) is 4.79 Å². The Morgan fingerprint density at radius 1 is 1.29 bits per heavy atom. The van der Waals surface area contributed by atoms with E-state index in [1.54, 1.807) is 0 Å². The molecule has 0 spiro atoms. The Balaban J connectivity index is 1.50. The number of imidazole rings is 1. The molecule has 0 bridgehead atoms. The lowest BCUT2D eigenvalue weighted by atomic mass is 10.1. The van der Waals surface area contributed by atoms with E-state index in [-0.39, 0.29) is 12.6 Å². The van der Waals surface area contributed by atoms with E-state index in [0.717, 1.165) is 16.2 Å². The van der Waals surface area contributed by atoms with Crippen molar-refractivity contribution in [3.8, 4) is 22.8 Å². The van der Waals surface area contributed by atoms with Crippen LogP contribution in [0.3, 0.4) is 0 Å². The van der Waals surface area contributed by atoms with Crippen LogP contribution in [0.1, 0.15) is 19.1 Å². The van der Waals surface area contributed by atoms with Crippen LogP contribution in [0.5, 0.6) is 11.5 Å². The van der Waals surface area contributed by atoms with Crippen molar-refractivity contribution in [3.05, 3.63) is 36.4 Å². The number of aliphatic hydroxyl groups excluding tert-OH is 1. The number of rotatable bonds is 8. The van der Waals surface area contributed by atoms with E-state index in [1.165, 1.54) is 25.0 Å². The highest BCUT2D eigenvalue weighted by Gasteiger charge is 2.23. The number of anilines is 1. The first-order chi connectivity index (χ1) is 16.9. The molecule has 4 heterocycles. The van der Waals surface area contributed by atoms with Crippen LogP contribution in [0.25, 0.3) is 22.5 Å². The number of carbonyl (C=O) groups is 1. The van der Waals surface area contributed by atoms with Gasteiger partial charge in [0.15, 0.2) is 33.6 Å². The second-order valence-corrected chi connectivity index (χ2v) is 9.02. The number of furan rings is 1. The maximum absolute atomic E-state index is 11.7. The molecule has 0 aliphatic carbocycles. The number of nitrogens with zero attached hydrogens (tertiary/aromatic N) is 4. The van der Waals surface area contributed by atoms with Crippen LogP contribution < -0.4 is 20.5 Å². The molecule has 5 rings (SSSR count). The summed E-state index contributed by atoms with van der Waals surface area (Å²) in [6.07, 6.45) is 0.932. The van der Waals surface area contributed by atoms with Crippen molar-refractivity contribution in [2.75, 3.05) is 19.1 Å². The van der Waals surface area contributed by atoms with E-state index in [4.69, 9.17) is 24.6 Å². The SMILES string of the molecule is Cc1ccc(-c2cc3c(cc2Sc2nc4c(N)ncnc4n2CCCNC(=O)[C@H](C)O)OCO3)o1. The molecule has 0 fully saturated rings. The average Bonchev–Trinajstić information content (AvgIpc) is 3.55. The molecule has 12 heteroatoms. The molecule has 11 nitrogen and oxygen atoms in total. The van der Waals surface area contributed by atoms with Crippen LogP contribution in [-0.4, -0.2) is 50.0 Å². The van der Waals surface area contributed by atoms with Gasteiger partial charge >= 0.3 is 0 Å². The lowest BCUT2D eigenvalue weighted by Gasteiger charge is -2.12. The van der Waals surface area contributed by atoms with E-state index >= 15 is 0 Å². The molecule has 3 aromatic heterocycles. The van der Waals surface area contributed by atoms with Gasteiger partial charge in [0.05, 0.1) is 0 Å². The molecular formula is C23H24N6O5S. The second-order valence-electron chi connectivity index (χ2n) is 8.01. The highest BCUT2D eigenvalue weighted by Crippen LogP contribution is 2.45. The predicted molar refractivity (Wildman–Crippen MR) is 128 cm³/mol. The number of aliphatic hydroxyl groups is 1. The molecule has 0 saturated carbocycles. The molecule has 182 valence electrons. The molecule has 1 aromatic carbocycles. The average molecular weight is 497 g/mol. The van der Waals surface area contributed by atoms with Gasteiger partial charge < -0.3 is 34.6 Å². The molecule has 1 amide bonds. The maximum atomic E-state index is 11.7. The number of nitrogen functional groups attached to an aromatic ring is 1. The number of benzene rings is 1. The standard InChI is InChI=1S/C23H24N6O5S/c1-12-4-5-15(34-12)14-8-16-17(33-11-32-16)9-18(14)35-23-28-19-20(24)26-10-27-21(19)29(23)7-3-6-25-22(31)13(2)30/h4-5,8-10,13,30H,3,6-7,11H2,1-2H3,(H,25,31)(H2,24,26,27)/t13-/m0/s1. The molecule has 0 radical (unpaired) electrons. The number of amides is 1. The first kappa shape index (κ1) is 23.0. The van der Waals surface area contributed by atoms with Crippen molar-refractivity contribution in [1.29, 1.82) is 0 Å². The summed E-state index contributed by atoms with van der Waals surface area (Å²) in [5, 5.41) is 12.7. The second kappa shape index (κ2) is 9.47. The first-order valence-electron chi connectivity index (χ1n) is 11.0. The Labute approximate surface area is 204 Å². The lowest BCUT2D eigenvalue weighted by molar-refractivity contribution is -0.128. The number of fused-ring (bicyclic) bond motifs is 2. The zero-order valence-electron chi connectivity index (χ0n) is 19.1. The van der Waals surface area contributed by atoms with Crippen LogP contribution >= 0.6 is 11.8 Å². The third-order valence-electron chi connectivity index (χ3n) is 5.44. The van der Waals surface area contributed by atoms with Gasteiger partial charge in [-0.15, -0.1) is 0 Å². The van der Waals surface area contributed by atoms with Crippen molar-refractivity contribution in [3.63, 3.8) is 0 Å². The van der Waals surface area contributed by atoms with Crippen molar-refractivity contribution in [2.24, 2.45) is 0 Å². The fourth-order valence-electron chi connectivity index (χ4n) is 3.69. The smallest absolute Gasteiger partial charge is 0.248 e. The summed E-state index contributed by atoms with van der Waals surface area (Å²) in [7, 11) is 0. The Bertz CT molecular complexity index is 1400. The minimum atomic E-state index is -1.06. The van der Waals surface area contributed by atoms with E-state index < -0.39 is 12.0 Å². The van der Waals surface area contributed by atoms with Crippen molar-refractivity contribution in [1.82, 2.24) is 24.8 Å². The Morgan fingerprint density at radius 3 is 2.83 bits per heavy atom. The Hall–Kier alpha value is -3.77. The van der Waals surface area contributed by atoms with Gasteiger partial charge in [0.2, 0.25) is 12.7 Å². The summed E-state index contributed by atoms with van der Waals surface area (Å²) >= 11 is 1.42. The number of ether oxygens (including phenoxy) is 2. The monoisotopic (exact) mass is 496 g/mol. The van der Waals surface area contributed by atoms with Crippen LogP contribution in [0.15, 0.2) is 45.1 Å². The summed E-state index contributed by atoms with van der Waals surface area (Å²) in [6.45, 7) is 4.37. The molecule has 1 aliphatic heterocycles. The van der Waals surface area contributed by atoms with Gasteiger partial charge in [-0.05, 0) is 44.5 Å². The number of carbonyl (C=O) groups excluding carboxylic acids is 1. The van der Waals surface area contributed by atoms with E-state index in [1.807, 2.05) is 35.8 Å². The van der Waals surface area contributed by atoms with Crippen molar-refractivity contribution >= 4 is 34.7 Å². The minimum Gasteiger partial charge on any atom is -0.461 e. The zero-order valence-corrected chi connectivity index (χ0v) is 20.0. The molecule has 0 unspecified atom stereocenters. The molecule has 4 N–H and O–H groups in total. The predicted octanol–water partition coefficient (Wildman–Crippen LogP) is 2.74. The van der Waals surface area contributed by atoms with Gasteiger partial charge in [0, 0.05) is 23.5 Å².